The summed E-state index contributed by atoms with van der Waals surface area (Å²) in [6.07, 6.45) is 0. The molecule has 3 aromatic carbocycles. The van der Waals surface area contributed by atoms with Gasteiger partial charge in [-0.25, -0.2) is 4.39 Å². The van der Waals surface area contributed by atoms with Crippen molar-refractivity contribution >= 4 is 17.3 Å². The zero-order chi connectivity index (χ0) is 23.4. The van der Waals surface area contributed by atoms with Crippen molar-refractivity contribution in [1.82, 2.24) is 10.2 Å². The van der Waals surface area contributed by atoms with Gasteiger partial charge in [-0.15, -0.1) is 0 Å². The highest BCUT2D eigenvalue weighted by Gasteiger charge is 2.16. The molecule has 166 valence electrons. The fraction of sp³-hybridized carbons (Fsp3) is 0.0435. The number of aromatic amines is 1. The Kier molecular flexibility index (Phi) is 5.98. The van der Waals surface area contributed by atoms with Crippen molar-refractivity contribution in [2.75, 3.05) is 12.4 Å². The fourth-order valence-corrected chi connectivity index (χ4v) is 3.05. The van der Waals surface area contributed by atoms with E-state index in [0.717, 1.165) is 0 Å². The molecule has 4 aromatic rings. The van der Waals surface area contributed by atoms with Crippen LogP contribution in [0.1, 0.15) is 10.5 Å². The van der Waals surface area contributed by atoms with Crippen molar-refractivity contribution in [3.8, 4) is 28.5 Å². The second kappa shape index (κ2) is 9.18. The number of ether oxygens (including phenoxy) is 2. The molecule has 0 aliphatic heterocycles. The van der Waals surface area contributed by atoms with Gasteiger partial charge in [0.1, 0.15) is 17.3 Å². The second-order valence-electron chi connectivity index (χ2n) is 6.85. The minimum Gasteiger partial charge on any atom is -0.493 e. The van der Waals surface area contributed by atoms with E-state index < -0.39 is 10.8 Å². The van der Waals surface area contributed by atoms with Gasteiger partial charge in [-0.2, -0.15) is 5.10 Å². The Labute approximate surface area is 186 Å². The number of halogens is 1. The number of nitro groups is 1. The third-order valence-corrected chi connectivity index (χ3v) is 4.62. The number of benzene rings is 3. The Bertz CT molecular complexity index is 1320. The third-order valence-electron chi connectivity index (χ3n) is 4.62. The van der Waals surface area contributed by atoms with E-state index in [9.17, 15) is 19.3 Å². The zero-order valence-corrected chi connectivity index (χ0v) is 17.2. The van der Waals surface area contributed by atoms with Crippen molar-refractivity contribution in [3.63, 3.8) is 0 Å². The maximum Gasteiger partial charge on any atom is 0.275 e. The molecule has 9 nitrogen and oxygen atoms in total. The summed E-state index contributed by atoms with van der Waals surface area (Å²) in [5.74, 6) is -0.0139. The summed E-state index contributed by atoms with van der Waals surface area (Å²) in [7, 11) is 1.48. The largest absolute Gasteiger partial charge is 0.493 e. The number of hydrogen-bond donors (Lipinski definition) is 2. The van der Waals surface area contributed by atoms with Crippen LogP contribution in [-0.2, 0) is 0 Å². The average molecular weight is 448 g/mol. The lowest BCUT2D eigenvalue weighted by molar-refractivity contribution is -0.384. The van der Waals surface area contributed by atoms with Crippen molar-refractivity contribution in [2.45, 2.75) is 0 Å². The first-order valence-electron chi connectivity index (χ1n) is 9.66. The van der Waals surface area contributed by atoms with Gasteiger partial charge in [0.25, 0.3) is 11.6 Å². The van der Waals surface area contributed by atoms with Gasteiger partial charge in [-0.3, -0.25) is 20.0 Å². The number of amides is 1. The number of anilines is 1. The van der Waals surface area contributed by atoms with E-state index in [4.69, 9.17) is 9.47 Å². The minimum absolute atomic E-state index is 0.119. The topological polar surface area (TPSA) is 119 Å². The van der Waals surface area contributed by atoms with Crippen molar-refractivity contribution in [2.24, 2.45) is 0 Å². The van der Waals surface area contributed by atoms with Crippen LogP contribution in [0.4, 0.5) is 15.8 Å². The first-order chi connectivity index (χ1) is 15.9. The Morgan fingerprint density at radius 1 is 1.06 bits per heavy atom. The summed E-state index contributed by atoms with van der Waals surface area (Å²) in [5.41, 5.74) is 1.06. The molecular formula is C23H17FN4O5. The molecule has 0 fully saturated rings. The van der Waals surface area contributed by atoms with Gasteiger partial charge in [0, 0.05) is 17.7 Å². The van der Waals surface area contributed by atoms with E-state index in [0.29, 0.717) is 22.8 Å². The third kappa shape index (κ3) is 4.96. The second-order valence-corrected chi connectivity index (χ2v) is 6.85. The summed E-state index contributed by atoms with van der Waals surface area (Å²) in [5, 5.41) is 20.7. The molecule has 0 aliphatic carbocycles. The molecular weight excluding hydrogens is 431 g/mol. The summed E-state index contributed by atoms with van der Waals surface area (Å²) in [4.78, 5) is 23.5. The molecule has 1 aromatic heterocycles. The van der Waals surface area contributed by atoms with Gasteiger partial charge in [0.05, 0.1) is 29.5 Å². The predicted molar refractivity (Wildman–Crippen MR) is 118 cm³/mol. The van der Waals surface area contributed by atoms with Crippen molar-refractivity contribution in [1.29, 1.82) is 0 Å². The van der Waals surface area contributed by atoms with Crippen LogP contribution >= 0.6 is 0 Å². The monoisotopic (exact) mass is 448 g/mol. The quantitative estimate of drug-likeness (QED) is 0.297. The number of para-hydroxylation sites is 2. The van der Waals surface area contributed by atoms with Crippen LogP contribution in [0.25, 0.3) is 11.3 Å². The lowest BCUT2D eigenvalue weighted by Gasteiger charge is -2.11. The van der Waals surface area contributed by atoms with Gasteiger partial charge in [0.2, 0.25) is 0 Å². The molecule has 33 heavy (non-hydrogen) atoms. The van der Waals surface area contributed by atoms with Crippen LogP contribution in [0, 0.1) is 15.9 Å². The van der Waals surface area contributed by atoms with Gasteiger partial charge in [-0.05, 0) is 42.5 Å². The van der Waals surface area contributed by atoms with E-state index in [1.807, 2.05) is 0 Å². The van der Waals surface area contributed by atoms with E-state index in [2.05, 4.69) is 15.5 Å². The summed E-state index contributed by atoms with van der Waals surface area (Å²) in [6, 6.07) is 17.9. The van der Waals surface area contributed by atoms with Gasteiger partial charge < -0.3 is 14.8 Å². The van der Waals surface area contributed by atoms with Crippen molar-refractivity contribution < 1.29 is 23.6 Å². The number of carbonyl (C=O) groups is 1. The molecule has 4 rings (SSSR count). The van der Waals surface area contributed by atoms with E-state index in [1.165, 1.54) is 55.6 Å². The number of nitrogens with one attached hydrogen (secondary N) is 2. The highest BCUT2D eigenvalue weighted by Crippen LogP contribution is 2.34. The van der Waals surface area contributed by atoms with E-state index in [1.54, 1.807) is 24.3 Å². The number of methoxy groups -OCH3 is 1. The van der Waals surface area contributed by atoms with Crippen LogP contribution in [0.15, 0.2) is 72.8 Å². The average Bonchev–Trinajstić information content (AvgIpc) is 3.30. The summed E-state index contributed by atoms with van der Waals surface area (Å²) >= 11 is 0. The number of carbonyl (C=O) groups excluding carboxylic acids is 1. The predicted octanol–water partition coefficient (Wildman–Crippen LogP) is 5.18. The van der Waals surface area contributed by atoms with Gasteiger partial charge in [0.15, 0.2) is 11.5 Å². The first-order valence-corrected chi connectivity index (χ1v) is 9.66. The van der Waals surface area contributed by atoms with Crippen LogP contribution in [-0.4, -0.2) is 28.1 Å². The van der Waals surface area contributed by atoms with E-state index >= 15 is 0 Å². The highest BCUT2D eigenvalue weighted by molar-refractivity contribution is 6.03. The van der Waals surface area contributed by atoms with Gasteiger partial charge >= 0.3 is 0 Å². The molecule has 10 heteroatoms. The molecule has 0 atom stereocenters. The molecule has 1 heterocycles. The smallest absolute Gasteiger partial charge is 0.275 e. The highest BCUT2D eigenvalue weighted by atomic mass is 19.1. The maximum absolute atomic E-state index is 13.1. The van der Waals surface area contributed by atoms with Crippen molar-refractivity contribution in [3.05, 3.63) is 94.4 Å². The number of nitro benzene ring substituents is 1. The number of non-ortho nitro benzene ring substituents is 1. The standard InChI is InChI=1S/C23H17FN4O5/c1-32-21-4-2-3-5-22(21)33-18-11-16(10-17(12-18)28(30)31)25-23(29)20-13-19(26-27-20)14-6-8-15(24)9-7-14/h2-13H,1H3,(H,25,29)(H,26,27). The molecule has 0 spiro atoms. The Morgan fingerprint density at radius 2 is 1.79 bits per heavy atom. The lowest BCUT2D eigenvalue weighted by Crippen LogP contribution is -2.12. The Morgan fingerprint density at radius 3 is 2.48 bits per heavy atom. The molecule has 1 amide bonds. The first kappa shape index (κ1) is 21.5. The number of nitrogens with zero attached hydrogens (tertiary/aromatic N) is 2. The van der Waals surface area contributed by atoms with Crippen LogP contribution < -0.4 is 14.8 Å². The van der Waals surface area contributed by atoms with Gasteiger partial charge in [-0.1, -0.05) is 12.1 Å². The number of aromatic nitrogens is 2. The summed E-state index contributed by atoms with van der Waals surface area (Å²) < 4.78 is 24.1. The minimum atomic E-state index is -0.590. The molecule has 0 aliphatic rings. The fourth-order valence-electron chi connectivity index (χ4n) is 3.05. The Balaban J connectivity index is 1.58. The molecule has 0 saturated heterocycles. The number of hydrogen-bond acceptors (Lipinski definition) is 6. The SMILES string of the molecule is COc1ccccc1Oc1cc(NC(=O)c2cc(-c3ccc(F)cc3)n[nH]2)cc([N+](=O)[O-])c1. The Hall–Kier alpha value is -4.73. The number of H-pyrrole nitrogens is 1. The summed E-state index contributed by atoms with van der Waals surface area (Å²) in [6.45, 7) is 0. The molecule has 0 radical (unpaired) electrons. The van der Waals surface area contributed by atoms with Crippen LogP contribution in [0.5, 0.6) is 17.2 Å². The zero-order valence-electron chi connectivity index (χ0n) is 17.2. The molecule has 0 bridgehead atoms. The molecule has 0 unspecified atom stereocenters. The molecule has 2 N–H and O–H groups in total. The normalized spacial score (nSPS) is 10.5. The maximum atomic E-state index is 13.1. The van der Waals surface area contributed by atoms with E-state index in [-0.39, 0.29) is 28.6 Å². The lowest BCUT2D eigenvalue weighted by atomic mass is 10.1. The number of rotatable bonds is 7. The van der Waals surface area contributed by atoms with Crippen LogP contribution in [0.3, 0.4) is 0 Å². The van der Waals surface area contributed by atoms with Crippen LogP contribution in [0.2, 0.25) is 0 Å². The molecule has 0 saturated carbocycles.